The van der Waals surface area contributed by atoms with Gasteiger partial charge in [0.2, 0.25) is 0 Å². The predicted molar refractivity (Wildman–Crippen MR) is 62.9 cm³/mol. The molecule has 1 aliphatic rings. The second-order valence-electron chi connectivity index (χ2n) is 4.44. The third kappa shape index (κ3) is 4.10. The Kier molecular flexibility index (Phi) is 5.51. The topological polar surface area (TPSA) is 41.1 Å². The minimum atomic E-state index is 0.00546. The van der Waals surface area contributed by atoms with Crippen molar-refractivity contribution >= 4 is 6.03 Å². The molecule has 0 aromatic rings. The maximum atomic E-state index is 11.4. The molecule has 15 heavy (non-hydrogen) atoms. The van der Waals surface area contributed by atoms with Gasteiger partial charge in [0, 0.05) is 12.6 Å². The van der Waals surface area contributed by atoms with Crippen molar-refractivity contribution in [1.82, 2.24) is 10.6 Å². The van der Waals surface area contributed by atoms with Crippen molar-refractivity contribution in [3.63, 3.8) is 0 Å². The molecule has 0 unspecified atom stereocenters. The zero-order valence-corrected chi connectivity index (χ0v) is 10.0. The van der Waals surface area contributed by atoms with Crippen LogP contribution < -0.4 is 10.6 Å². The van der Waals surface area contributed by atoms with Gasteiger partial charge in [-0.1, -0.05) is 26.2 Å². The molecular weight excluding hydrogens is 188 g/mol. The van der Waals surface area contributed by atoms with Gasteiger partial charge in [-0.25, -0.2) is 4.79 Å². The Hall–Kier alpha value is -0.730. The fourth-order valence-corrected chi connectivity index (χ4v) is 2.42. The van der Waals surface area contributed by atoms with Crippen LogP contribution in [0.1, 0.15) is 52.4 Å². The summed E-state index contributed by atoms with van der Waals surface area (Å²) in [5, 5.41) is 5.89. The molecule has 0 radical (unpaired) electrons. The van der Waals surface area contributed by atoms with Gasteiger partial charge in [-0.2, -0.15) is 0 Å². The van der Waals surface area contributed by atoms with E-state index in [0.29, 0.717) is 18.5 Å². The van der Waals surface area contributed by atoms with E-state index in [1.165, 1.54) is 32.1 Å². The number of nitrogens with one attached hydrogen (secondary N) is 2. The van der Waals surface area contributed by atoms with E-state index in [9.17, 15) is 4.79 Å². The van der Waals surface area contributed by atoms with Gasteiger partial charge in [-0.3, -0.25) is 0 Å². The Morgan fingerprint density at radius 2 is 2.13 bits per heavy atom. The highest BCUT2D eigenvalue weighted by atomic mass is 16.2. The highest BCUT2D eigenvalue weighted by molar-refractivity contribution is 5.74. The summed E-state index contributed by atoms with van der Waals surface area (Å²) < 4.78 is 0. The average molecular weight is 212 g/mol. The molecule has 1 saturated carbocycles. The lowest BCUT2D eigenvalue weighted by Crippen LogP contribution is -2.43. The average Bonchev–Trinajstić information content (AvgIpc) is 2.63. The van der Waals surface area contributed by atoms with Gasteiger partial charge >= 0.3 is 6.03 Å². The first-order valence-electron chi connectivity index (χ1n) is 6.32. The van der Waals surface area contributed by atoms with E-state index >= 15 is 0 Å². The standard InChI is InChI=1S/C12H24N2O/c1-3-5-7-10-8-6-9-11(10)14-12(15)13-4-2/h10-11H,3-9H2,1-2H3,(H2,13,14,15)/t10-,11-/m0/s1. The molecule has 0 heterocycles. The van der Waals surface area contributed by atoms with Crippen LogP contribution in [0.5, 0.6) is 0 Å². The van der Waals surface area contributed by atoms with Gasteiger partial charge in [0.05, 0.1) is 0 Å². The summed E-state index contributed by atoms with van der Waals surface area (Å²) in [7, 11) is 0. The molecule has 0 aliphatic heterocycles. The molecular formula is C12H24N2O. The maximum Gasteiger partial charge on any atom is 0.315 e. The van der Waals surface area contributed by atoms with Gasteiger partial charge in [0.1, 0.15) is 0 Å². The van der Waals surface area contributed by atoms with Crippen LogP contribution >= 0.6 is 0 Å². The smallest absolute Gasteiger partial charge is 0.315 e. The largest absolute Gasteiger partial charge is 0.338 e. The number of rotatable bonds is 5. The van der Waals surface area contributed by atoms with E-state index in [-0.39, 0.29) is 6.03 Å². The van der Waals surface area contributed by atoms with Crippen LogP contribution in [0.15, 0.2) is 0 Å². The number of hydrogen-bond donors (Lipinski definition) is 2. The Balaban J connectivity index is 2.29. The third-order valence-electron chi connectivity index (χ3n) is 3.24. The Bertz CT molecular complexity index is 194. The number of urea groups is 1. The van der Waals surface area contributed by atoms with Crippen LogP contribution in [0, 0.1) is 5.92 Å². The summed E-state index contributed by atoms with van der Waals surface area (Å²) in [5.74, 6) is 0.715. The molecule has 0 saturated heterocycles. The fourth-order valence-electron chi connectivity index (χ4n) is 2.42. The molecule has 3 heteroatoms. The molecule has 88 valence electrons. The number of unbranched alkanes of at least 4 members (excludes halogenated alkanes) is 1. The maximum absolute atomic E-state index is 11.4. The van der Waals surface area contributed by atoms with Crippen LogP contribution in [0.25, 0.3) is 0 Å². The molecule has 0 spiro atoms. The Morgan fingerprint density at radius 3 is 2.80 bits per heavy atom. The first-order chi connectivity index (χ1) is 7.27. The van der Waals surface area contributed by atoms with Crippen molar-refractivity contribution < 1.29 is 4.79 Å². The lowest BCUT2D eigenvalue weighted by Gasteiger charge is -2.20. The highest BCUT2D eigenvalue weighted by Gasteiger charge is 2.27. The van der Waals surface area contributed by atoms with Gasteiger partial charge in [0.15, 0.2) is 0 Å². The predicted octanol–water partition coefficient (Wildman–Crippen LogP) is 2.66. The monoisotopic (exact) mass is 212 g/mol. The lowest BCUT2D eigenvalue weighted by molar-refractivity contribution is 0.233. The molecule has 1 aliphatic carbocycles. The first kappa shape index (κ1) is 12.3. The van der Waals surface area contributed by atoms with E-state index in [0.717, 1.165) is 6.42 Å². The van der Waals surface area contributed by atoms with Crippen LogP contribution in [-0.2, 0) is 0 Å². The van der Waals surface area contributed by atoms with E-state index in [1.807, 2.05) is 6.92 Å². The van der Waals surface area contributed by atoms with Gasteiger partial charge < -0.3 is 10.6 Å². The summed E-state index contributed by atoms with van der Waals surface area (Å²) >= 11 is 0. The Labute approximate surface area is 93.0 Å². The van der Waals surface area contributed by atoms with Crippen LogP contribution in [0.2, 0.25) is 0 Å². The molecule has 1 fully saturated rings. The molecule has 1 rings (SSSR count). The number of carbonyl (C=O) groups excluding carboxylic acids is 1. The van der Waals surface area contributed by atoms with Gasteiger partial charge in [-0.05, 0) is 32.1 Å². The fraction of sp³-hybridized carbons (Fsp3) is 0.917. The molecule has 3 nitrogen and oxygen atoms in total. The quantitative estimate of drug-likeness (QED) is 0.722. The van der Waals surface area contributed by atoms with Crippen molar-refractivity contribution in [3.8, 4) is 0 Å². The third-order valence-corrected chi connectivity index (χ3v) is 3.24. The second kappa shape index (κ2) is 6.70. The van der Waals surface area contributed by atoms with Crippen molar-refractivity contribution in [2.75, 3.05) is 6.54 Å². The molecule has 0 aromatic carbocycles. The molecule has 2 atom stereocenters. The minimum Gasteiger partial charge on any atom is -0.338 e. The van der Waals surface area contributed by atoms with E-state index in [1.54, 1.807) is 0 Å². The molecule has 0 aromatic heterocycles. The number of carbonyl (C=O) groups is 1. The highest BCUT2D eigenvalue weighted by Crippen LogP contribution is 2.29. The van der Waals surface area contributed by atoms with Gasteiger partial charge in [0.25, 0.3) is 0 Å². The summed E-state index contributed by atoms with van der Waals surface area (Å²) in [6, 6.07) is 0.425. The SMILES string of the molecule is CCCC[C@H]1CCC[C@@H]1NC(=O)NCC. The van der Waals surface area contributed by atoms with E-state index in [2.05, 4.69) is 17.6 Å². The zero-order valence-electron chi connectivity index (χ0n) is 10.0. The first-order valence-corrected chi connectivity index (χ1v) is 6.32. The number of hydrogen-bond acceptors (Lipinski definition) is 1. The van der Waals surface area contributed by atoms with Crippen molar-refractivity contribution in [3.05, 3.63) is 0 Å². The molecule has 0 bridgehead atoms. The van der Waals surface area contributed by atoms with Crippen molar-refractivity contribution in [2.24, 2.45) is 5.92 Å². The summed E-state index contributed by atoms with van der Waals surface area (Å²) in [4.78, 5) is 11.4. The molecule has 2 N–H and O–H groups in total. The van der Waals surface area contributed by atoms with Gasteiger partial charge in [-0.15, -0.1) is 0 Å². The Morgan fingerprint density at radius 1 is 1.33 bits per heavy atom. The summed E-state index contributed by atoms with van der Waals surface area (Å²) in [5.41, 5.74) is 0. The second-order valence-corrected chi connectivity index (χ2v) is 4.44. The van der Waals surface area contributed by atoms with Crippen LogP contribution in [-0.4, -0.2) is 18.6 Å². The van der Waals surface area contributed by atoms with Crippen molar-refractivity contribution in [1.29, 1.82) is 0 Å². The van der Waals surface area contributed by atoms with Crippen LogP contribution in [0.3, 0.4) is 0 Å². The van der Waals surface area contributed by atoms with Crippen LogP contribution in [0.4, 0.5) is 4.79 Å². The van der Waals surface area contributed by atoms with E-state index in [4.69, 9.17) is 0 Å². The zero-order chi connectivity index (χ0) is 11.1. The molecule has 2 amide bonds. The summed E-state index contributed by atoms with van der Waals surface area (Å²) in [6.45, 7) is 4.88. The normalized spacial score (nSPS) is 25.2. The van der Waals surface area contributed by atoms with Crippen molar-refractivity contribution in [2.45, 2.75) is 58.4 Å². The number of amides is 2. The van der Waals surface area contributed by atoms with E-state index < -0.39 is 0 Å². The minimum absolute atomic E-state index is 0.00546. The lowest BCUT2D eigenvalue weighted by atomic mass is 9.97. The summed E-state index contributed by atoms with van der Waals surface area (Å²) in [6.07, 6.45) is 7.53.